The molecule has 2 aromatic heterocycles. The molecule has 2 heterocycles. The van der Waals surface area contributed by atoms with Crippen LogP contribution < -0.4 is 14.9 Å². The number of rotatable bonds is 10. The van der Waals surface area contributed by atoms with Gasteiger partial charge in [-0.1, -0.05) is 12.1 Å². The monoisotopic (exact) mass is 537 g/mol. The third-order valence-corrected chi connectivity index (χ3v) is 6.21. The first-order valence-electron chi connectivity index (χ1n) is 12.7. The molecule has 0 aliphatic carbocycles. The smallest absolute Gasteiger partial charge is 0.307 e. The van der Waals surface area contributed by atoms with Gasteiger partial charge in [0.2, 0.25) is 0 Å². The van der Waals surface area contributed by atoms with E-state index in [0.29, 0.717) is 23.9 Å². The maximum atomic E-state index is 13.0. The molecule has 0 bridgehead atoms. The first-order valence-corrected chi connectivity index (χ1v) is 12.7. The zero-order chi connectivity index (χ0) is 27.9. The first-order chi connectivity index (χ1) is 19.4. The summed E-state index contributed by atoms with van der Waals surface area (Å²) in [5.41, 5.74) is 7.50. The van der Waals surface area contributed by atoms with Crippen molar-refractivity contribution < 1.29 is 23.1 Å². The Balaban J connectivity index is 1.08. The molecule has 0 aliphatic heterocycles. The molecular weight excluding hydrogens is 509 g/mol. The lowest BCUT2D eigenvalue weighted by molar-refractivity contribution is 0.0923. The summed E-state index contributed by atoms with van der Waals surface area (Å²) in [6.07, 6.45) is 1.52. The molecule has 0 aliphatic rings. The van der Waals surface area contributed by atoms with Crippen LogP contribution in [0.25, 0.3) is 5.69 Å². The van der Waals surface area contributed by atoms with Crippen molar-refractivity contribution in [3.8, 4) is 17.2 Å². The first kappa shape index (κ1) is 26.5. The topological polar surface area (TPSA) is 78.0 Å². The van der Waals surface area contributed by atoms with Gasteiger partial charge < -0.3 is 18.5 Å². The fraction of sp³-hybridized carbons (Fsp3) is 0.125. The van der Waals surface area contributed by atoms with Crippen LogP contribution in [0.2, 0.25) is 0 Å². The second-order valence-corrected chi connectivity index (χ2v) is 9.18. The van der Waals surface area contributed by atoms with E-state index in [1.54, 1.807) is 36.4 Å². The van der Waals surface area contributed by atoms with Gasteiger partial charge in [0.1, 0.15) is 36.3 Å². The molecule has 1 amide bonds. The predicted molar refractivity (Wildman–Crippen MR) is 151 cm³/mol. The van der Waals surface area contributed by atoms with Crippen LogP contribution in [0.15, 0.2) is 107 Å². The lowest BCUT2D eigenvalue weighted by Gasteiger charge is -2.10. The van der Waals surface area contributed by atoms with Crippen molar-refractivity contribution in [2.75, 3.05) is 0 Å². The van der Waals surface area contributed by atoms with Crippen LogP contribution in [0.1, 0.15) is 38.8 Å². The van der Waals surface area contributed by atoms with Crippen LogP contribution in [0, 0.1) is 19.7 Å². The third kappa shape index (κ3) is 6.66. The van der Waals surface area contributed by atoms with Crippen molar-refractivity contribution in [3.63, 3.8) is 0 Å². The van der Waals surface area contributed by atoms with Gasteiger partial charge in [-0.25, -0.2) is 9.82 Å². The molecule has 40 heavy (non-hydrogen) atoms. The van der Waals surface area contributed by atoms with Gasteiger partial charge in [0.05, 0.1) is 6.21 Å². The number of furan rings is 1. The minimum Gasteiger partial charge on any atom is -0.489 e. The highest BCUT2D eigenvalue weighted by molar-refractivity contribution is 5.92. The Bertz CT molecular complexity index is 1580. The standard InChI is InChI=1S/C32H28FN3O4/c1-22-3-4-23(2)36(22)27-11-15-29(16-12-27)39-21-30-17-18-31(40-30)32(37)35-34-19-24-7-13-28(14-8-24)38-20-25-5-9-26(33)10-6-25/h3-19H,20-21H2,1-2H3,(H,35,37)/b34-19+. The number of hydrogen-bond acceptors (Lipinski definition) is 5. The molecule has 7 nitrogen and oxygen atoms in total. The Labute approximate surface area is 231 Å². The number of carbonyl (C=O) groups is 1. The molecule has 5 rings (SSSR count). The van der Waals surface area contributed by atoms with Gasteiger partial charge in [-0.3, -0.25) is 4.79 Å². The summed E-state index contributed by atoms with van der Waals surface area (Å²) in [6, 6.07) is 28.6. The van der Waals surface area contributed by atoms with E-state index < -0.39 is 5.91 Å². The second-order valence-electron chi connectivity index (χ2n) is 9.18. The number of halogens is 1. The Morgan fingerprint density at radius 3 is 2.12 bits per heavy atom. The van der Waals surface area contributed by atoms with Gasteiger partial charge in [0.25, 0.3) is 0 Å². The molecule has 0 saturated carbocycles. The molecule has 0 spiro atoms. The van der Waals surface area contributed by atoms with Crippen molar-refractivity contribution in [1.82, 2.24) is 9.99 Å². The molecule has 5 aromatic rings. The van der Waals surface area contributed by atoms with Gasteiger partial charge in [0.15, 0.2) is 5.76 Å². The number of benzene rings is 3. The highest BCUT2D eigenvalue weighted by Crippen LogP contribution is 2.21. The zero-order valence-corrected chi connectivity index (χ0v) is 22.1. The normalized spacial score (nSPS) is 11.1. The van der Waals surface area contributed by atoms with Crippen LogP contribution in [-0.4, -0.2) is 16.7 Å². The summed E-state index contributed by atoms with van der Waals surface area (Å²) in [5, 5.41) is 4.00. The van der Waals surface area contributed by atoms with E-state index in [1.165, 1.54) is 29.7 Å². The van der Waals surface area contributed by atoms with Gasteiger partial charge in [-0.05, 0) is 110 Å². The van der Waals surface area contributed by atoms with Crippen LogP contribution in [0.3, 0.4) is 0 Å². The van der Waals surface area contributed by atoms with E-state index in [2.05, 4.69) is 41.1 Å². The predicted octanol–water partition coefficient (Wildman–Crippen LogP) is 6.75. The number of nitrogens with one attached hydrogen (secondary N) is 1. The quantitative estimate of drug-likeness (QED) is 0.158. The summed E-state index contributed by atoms with van der Waals surface area (Å²) in [7, 11) is 0. The van der Waals surface area contributed by atoms with E-state index in [1.807, 2.05) is 36.4 Å². The summed E-state index contributed by atoms with van der Waals surface area (Å²) < 4.78 is 32.3. The maximum Gasteiger partial charge on any atom is 0.307 e. The molecule has 0 unspecified atom stereocenters. The van der Waals surface area contributed by atoms with E-state index in [4.69, 9.17) is 13.9 Å². The fourth-order valence-electron chi connectivity index (χ4n) is 4.12. The zero-order valence-electron chi connectivity index (χ0n) is 22.1. The van der Waals surface area contributed by atoms with Gasteiger partial charge in [0, 0.05) is 17.1 Å². The molecule has 3 aromatic carbocycles. The summed E-state index contributed by atoms with van der Waals surface area (Å²) in [5.74, 6) is 1.27. The molecule has 0 saturated heterocycles. The number of carbonyl (C=O) groups excluding carboxylic acids is 1. The third-order valence-electron chi connectivity index (χ3n) is 6.21. The molecule has 0 radical (unpaired) electrons. The molecular formula is C32H28FN3O4. The van der Waals surface area contributed by atoms with Gasteiger partial charge >= 0.3 is 5.91 Å². The minimum atomic E-state index is -0.469. The SMILES string of the molecule is Cc1ccc(C)n1-c1ccc(OCc2ccc(C(=O)N/N=C/c3ccc(OCc4ccc(F)cc4)cc3)o2)cc1. The second kappa shape index (κ2) is 12.2. The average molecular weight is 538 g/mol. The van der Waals surface area contributed by atoms with E-state index in [-0.39, 0.29) is 18.2 Å². The molecule has 0 atom stereocenters. The number of aryl methyl sites for hydroxylation is 2. The van der Waals surface area contributed by atoms with Crippen molar-refractivity contribution in [1.29, 1.82) is 0 Å². The number of nitrogens with zero attached hydrogens (tertiary/aromatic N) is 2. The van der Waals surface area contributed by atoms with Crippen molar-refractivity contribution >= 4 is 12.1 Å². The van der Waals surface area contributed by atoms with Crippen LogP contribution >= 0.6 is 0 Å². The maximum absolute atomic E-state index is 13.0. The van der Waals surface area contributed by atoms with Crippen LogP contribution in [0.5, 0.6) is 11.5 Å². The number of aromatic nitrogens is 1. The Kier molecular flexibility index (Phi) is 8.06. The number of hydrazone groups is 1. The van der Waals surface area contributed by atoms with E-state index in [0.717, 1.165) is 16.8 Å². The van der Waals surface area contributed by atoms with E-state index >= 15 is 0 Å². The van der Waals surface area contributed by atoms with Gasteiger partial charge in [-0.2, -0.15) is 5.10 Å². The summed E-state index contributed by atoms with van der Waals surface area (Å²) in [6.45, 7) is 4.66. The molecule has 1 N–H and O–H groups in total. The van der Waals surface area contributed by atoms with Crippen LogP contribution in [-0.2, 0) is 13.2 Å². The minimum absolute atomic E-state index is 0.134. The molecule has 0 fully saturated rings. The lowest BCUT2D eigenvalue weighted by atomic mass is 10.2. The highest BCUT2D eigenvalue weighted by atomic mass is 19.1. The Hall–Kier alpha value is -5.11. The summed E-state index contributed by atoms with van der Waals surface area (Å²) >= 11 is 0. The fourth-order valence-corrected chi connectivity index (χ4v) is 4.12. The lowest BCUT2D eigenvalue weighted by Crippen LogP contribution is -2.16. The van der Waals surface area contributed by atoms with Gasteiger partial charge in [-0.15, -0.1) is 0 Å². The largest absolute Gasteiger partial charge is 0.489 e. The molecule has 8 heteroatoms. The van der Waals surface area contributed by atoms with Crippen molar-refractivity contribution in [3.05, 3.63) is 137 Å². The van der Waals surface area contributed by atoms with Crippen molar-refractivity contribution in [2.45, 2.75) is 27.1 Å². The summed E-state index contributed by atoms with van der Waals surface area (Å²) in [4.78, 5) is 12.4. The molecule has 202 valence electrons. The highest BCUT2D eigenvalue weighted by Gasteiger charge is 2.11. The Morgan fingerprint density at radius 2 is 1.45 bits per heavy atom. The van der Waals surface area contributed by atoms with E-state index in [9.17, 15) is 9.18 Å². The van der Waals surface area contributed by atoms with Crippen molar-refractivity contribution in [2.24, 2.45) is 5.10 Å². The number of amides is 1. The average Bonchev–Trinajstić information content (AvgIpc) is 3.58. The van der Waals surface area contributed by atoms with Crippen LogP contribution in [0.4, 0.5) is 4.39 Å². The number of ether oxygens (including phenoxy) is 2. The number of hydrogen-bond donors (Lipinski definition) is 1. The Morgan fingerprint density at radius 1 is 0.825 bits per heavy atom.